The van der Waals surface area contributed by atoms with Crippen LogP contribution in [0.25, 0.3) is 0 Å². The van der Waals surface area contributed by atoms with Gasteiger partial charge in [0, 0.05) is 22.6 Å². The highest BCUT2D eigenvalue weighted by Gasteiger charge is 2.53. The van der Waals surface area contributed by atoms with Crippen LogP contribution in [0.4, 0.5) is 0 Å². The zero-order valence-corrected chi connectivity index (χ0v) is 18.4. The second-order valence-electron chi connectivity index (χ2n) is 8.86. The van der Waals surface area contributed by atoms with E-state index in [1.807, 2.05) is 6.08 Å². The molecule has 0 bridgehead atoms. The van der Waals surface area contributed by atoms with Gasteiger partial charge in [-0.2, -0.15) is 0 Å². The summed E-state index contributed by atoms with van der Waals surface area (Å²) in [5.74, 6) is -3.07. The quantitative estimate of drug-likeness (QED) is 0.412. The highest BCUT2D eigenvalue weighted by atomic mass is 16.5. The standard InChI is InChI=1S/C25H23NO7/c1-10-6-16(27)21-15(22(10)28)9-14-12(4-5-13-20(14)25(31)26-24(13)30)19(21)11-7-17(32-2)23(29)18(8-11)33-3/h4,6-8,13-14,19-20,29H,5,9H2,1-3H3,(H,26,30,31)/t13-,14+,19-,20-/m0/s1. The van der Waals surface area contributed by atoms with Crippen LogP contribution in [0.5, 0.6) is 17.2 Å². The first-order valence-corrected chi connectivity index (χ1v) is 10.8. The van der Waals surface area contributed by atoms with Gasteiger partial charge in [-0.1, -0.05) is 11.6 Å². The molecule has 1 aromatic rings. The lowest BCUT2D eigenvalue weighted by Gasteiger charge is -2.42. The maximum atomic E-state index is 13.2. The number of carbonyl (C=O) groups is 4. The lowest BCUT2D eigenvalue weighted by Crippen LogP contribution is -2.39. The minimum Gasteiger partial charge on any atom is -0.502 e. The molecule has 1 saturated heterocycles. The van der Waals surface area contributed by atoms with E-state index >= 15 is 0 Å². The maximum Gasteiger partial charge on any atom is 0.231 e. The first-order chi connectivity index (χ1) is 15.8. The molecule has 1 fully saturated rings. The summed E-state index contributed by atoms with van der Waals surface area (Å²) in [7, 11) is 2.82. The number of carbonyl (C=O) groups excluding carboxylic acids is 4. The lowest BCUT2D eigenvalue weighted by atomic mass is 9.59. The lowest BCUT2D eigenvalue weighted by molar-refractivity contribution is -0.126. The van der Waals surface area contributed by atoms with Crippen molar-refractivity contribution in [3.05, 3.63) is 52.1 Å². The van der Waals surface area contributed by atoms with Crippen LogP contribution in [-0.4, -0.2) is 42.7 Å². The Balaban J connectivity index is 1.75. The number of rotatable bonds is 3. The molecule has 2 N–H and O–H groups in total. The summed E-state index contributed by atoms with van der Waals surface area (Å²) in [6, 6.07) is 3.23. The molecule has 0 spiro atoms. The molecule has 4 aliphatic rings. The van der Waals surface area contributed by atoms with Crippen LogP contribution in [0.3, 0.4) is 0 Å². The van der Waals surface area contributed by atoms with Crippen LogP contribution in [0.2, 0.25) is 0 Å². The van der Waals surface area contributed by atoms with Crippen LogP contribution in [0, 0.1) is 17.8 Å². The number of phenolic OH excluding ortho intramolecular Hbond substituents is 1. The van der Waals surface area contributed by atoms with Gasteiger partial charge in [0.15, 0.2) is 23.1 Å². The van der Waals surface area contributed by atoms with Crippen molar-refractivity contribution in [3.63, 3.8) is 0 Å². The van der Waals surface area contributed by atoms with Gasteiger partial charge in [0.05, 0.1) is 26.1 Å². The fourth-order valence-corrected chi connectivity index (χ4v) is 5.75. The molecule has 0 radical (unpaired) electrons. The van der Waals surface area contributed by atoms with Crippen molar-refractivity contribution < 1.29 is 33.8 Å². The minimum atomic E-state index is -0.632. The van der Waals surface area contributed by atoms with E-state index in [9.17, 15) is 24.3 Å². The molecule has 0 aromatic heterocycles. The summed E-state index contributed by atoms with van der Waals surface area (Å²) in [4.78, 5) is 51.4. The molecular weight excluding hydrogens is 426 g/mol. The van der Waals surface area contributed by atoms with Gasteiger partial charge < -0.3 is 14.6 Å². The summed E-state index contributed by atoms with van der Waals surface area (Å²) in [6.45, 7) is 1.60. The van der Waals surface area contributed by atoms with E-state index in [1.165, 1.54) is 20.3 Å². The van der Waals surface area contributed by atoms with Crippen molar-refractivity contribution in [1.82, 2.24) is 5.32 Å². The molecule has 170 valence electrons. The maximum absolute atomic E-state index is 13.2. The highest BCUT2D eigenvalue weighted by molar-refractivity contribution is 6.23. The topological polar surface area (TPSA) is 119 Å². The van der Waals surface area contributed by atoms with E-state index in [0.717, 1.165) is 5.57 Å². The number of methoxy groups -OCH3 is 2. The predicted molar refractivity (Wildman–Crippen MR) is 116 cm³/mol. The number of amides is 2. The number of ether oxygens (including phenoxy) is 2. The number of nitrogens with one attached hydrogen (secondary N) is 1. The first kappa shape index (κ1) is 21.2. The Hall–Kier alpha value is -3.68. The number of ketones is 2. The number of Topliss-reactive ketones (excluding diaryl/α,β-unsaturated/α-hetero) is 1. The number of hydrogen-bond donors (Lipinski definition) is 2. The highest BCUT2D eigenvalue weighted by Crippen LogP contribution is 2.55. The average molecular weight is 449 g/mol. The van der Waals surface area contributed by atoms with Gasteiger partial charge in [0.2, 0.25) is 17.6 Å². The third kappa shape index (κ3) is 2.97. The van der Waals surface area contributed by atoms with E-state index in [1.54, 1.807) is 19.1 Å². The number of benzene rings is 1. The molecule has 8 nitrogen and oxygen atoms in total. The van der Waals surface area contributed by atoms with E-state index < -0.39 is 23.7 Å². The van der Waals surface area contributed by atoms with Crippen molar-refractivity contribution in [1.29, 1.82) is 0 Å². The number of hydrogen-bond acceptors (Lipinski definition) is 7. The van der Waals surface area contributed by atoms with E-state index in [2.05, 4.69) is 5.32 Å². The number of allylic oxidation sites excluding steroid dienone is 6. The molecule has 0 saturated carbocycles. The molecular formula is C25H23NO7. The molecule has 2 amide bonds. The fraction of sp³-hybridized carbons (Fsp3) is 0.360. The van der Waals surface area contributed by atoms with Gasteiger partial charge in [-0.3, -0.25) is 24.5 Å². The first-order valence-electron chi connectivity index (χ1n) is 10.8. The second-order valence-corrected chi connectivity index (χ2v) is 8.86. The Bertz CT molecular complexity index is 1210. The zero-order valence-electron chi connectivity index (χ0n) is 18.4. The average Bonchev–Trinajstić information content (AvgIpc) is 3.10. The van der Waals surface area contributed by atoms with Crippen molar-refractivity contribution in [2.24, 2.45) is 17.8 Å². The summed E-state index contributed by atoms with van der Waals surface area (Å²) in [5.41, 5.74) is 2.52. The van der Waals surface area contributed by atoms with Crippen molar-refractivity contribution in [2.45, 2.75) is 25.7 Å². The van der Waals surface area contributed by atoms with Crippen LogP contribution in [0.1, 0.15) is 31.2 Å². The molecule has 0 unspecified atom stereocenters. The Morgan fingerprint density at radius 3 is 2.30 bits per heavy atom. The summed E-state index contributed by atoms with van der Waals surface area (Å²) in [6.07, 6.45) is 3.87. The summed E-state index contributed by atoms with van der Waals surface area (Å²) >= 11 is 0. The minimum absolute atomic E-state index is 0.165. The Kier molecular flexibility index (Phi) is 4.77. The monoisotopic (exact) mass is 449 g/mol. The molecule has 1 aromatic carbocycles. The van der Waals surface area contributed by atoms with E-state index in [0.29, 0.717) is 28.7 Å². The number of phenols is 1. The zero-order chi connectivity index (χ0) is 23.6. The molecule has 33 heavy (non-hydrogen) atoms. The second kappa shape index (κ2) is 7.43. The summed E-state index contributed by atoms with van der Waals surface area (Å²) in [5, 5.41) is 12.8. The van der Waals surface area contributed by atoms with Gasteiger partial charge in [-0.25, -0.2) is 0 Å². The molecule has 4 atom stereocenters. The van der Waals surface area contributed by atoms with E-state index in [-0.39, 0.29) is 47.1 Å². The third-order valence-corrected chi connectivity index (χ3v) is 7.24. The molecule has 1 heterocycles. The molecule has 8 heteroatoms. The van der Waals surface area contributed by atoms with Crippen LogP contribution in [-0.2, 0) is 19.2 Å². The third-order valence-electron chi connectivity index (χ3n) is 7.24. The van der Waals surface area contributed by atoms with Crippen LogP contribution >= 0.6 is 0 Å². The van der Waals surface area contributed by atoms with Gasteiger partial charge in [-0.15, -0.1) is 0 Å². The van der Waals surface area contributed by atoms with Gasteiger partial charge in [0.1, 0.15) is 0 Å². The van der Waals surface area contributed by atoms with Crippen molar-refractivity contribution in [2.75, 3.05) is 14.2 Å². The largest absolute Gasteiger partial charge is 0.502 e. The Morgan fingerprint density at radius 2 is 1.67 bits per heavy atom. The SMILES string of the molecule is COc1cc([C@H]2C3=CC[C@@H]4C(=O)NC(=O)[C@@H]4[C@@H]3CC3=C2C(=O)C=C(C)C3=O)cc(OC)c1O. The fourth-order valence-electron chi connectivity index (χ4n) is 5.75. The van der Waals surface area contributed by atoms with Gasteiger partial charge in [-0.05, 0) is 49.5 Å². The molecule has 5 rings (SSSR count). The number of fused-ring (bicyclic) bond motifs is 3. The normalized spacial score (nSPS) is 28.5. The summed E-state index contributed by atoms with van der Waals surface area (Å²) < 4.78 is 10.6. The van der Waals surface area contributed by atoms with Gasteiger partial charge in [0.25, 0.3) is 0 Å². The number of imide groups is 1. The Labute approximate surface area is 189 Å². The molecule has 1 aliphatic heterocycles. The predicted octanol–water partition coefficient (Wildman–Crippen LogP) is 2.13. The van der Waals surface area contributed by atoms with Crippen molar-refractivity contribution >= 4 is 23.4 Å². The van der Waals surface area contributed by atoms with Crippen molar-refractivity contribution in [3.8, 4) is 17.2 Å². The van der Waals surface area contributed by atoms with Crippen LogP contribution in [0.15, 0.2) is 46.6 Å². The van der Waals surface area contributed by atoms with Crippen LogP contribution < -0.4 is 14.8 Å². The number of aromatic hydroxyl groups is 1. The van der Waals surface area contributed by atoms with Gasteiger partial charge >= 0.3 is 0 Å². The van der Waals surface area contributed by atoms with E-state index in [4.69, 9.17) is 9.47 Å². The molecule has 3 aliphatic carbocycles. The Morgan fingerprint density at radius 1 is 1.00 bits per heavy atom. The smallest absolute Gasteiger partial charge is 0.231 e.